The van der Waals surface area contributed by atoms with Gasteiger partial charge < -0.3 is 15.2 Å². The number of amides is 1. The quantitative estimate of drug-likeness (QED) is 0.466. The molecule has 0 aliphatic carbocycles. The number of carbonyl (C=O) groups excluding carboxylic acids is 1. The van der Waals surface area contributed by atoms with E-state index in [4.69, 9.17) is 15.2 Å². The van der Waals surface area contributed by atoms with E-state index in [9.17, 15) is 4.79 Å². The molecule has 2 N–H and O–H groups in total. The first-order valence-electron chi connectivity index (χ1n) is 11.0. The predicted molar refractivity (Wildman–Crippen MR) is 125 cm³/mol. The lowest BCUT2D eigenvalue weighted by atomic mass is 9.97. The van der Waals surface area contributed by atoms with Gasteiger partial charge in [-0.25, -0.2) is 0 Å². The summed E-state index contributed by atoms with van der Waals surface area (Å²) in [5.74, 6) is -0.397. The third kappa shape index (κ3) is 5.33. The minimum atomic E-state index is -0.397. The second kappa shape index (κ2) is 10.4. The topological polar surface area (TPSA) is 64.8 Å². The fourth-order valence-electron chi connectivity index (χ4n) is 4.56. The van der Waals surface area contributed by atoms with Crippen molar-refractivity contribution in [1.82, 2.24) is 9.38 Å². The molecule has 6 nitrogen and oxygen atoms in total. The monoisotopic (exact) mass is 426 g/mol. The molecule has 0 radical (unpaired) electrons. The van der Waals surface area contributed by atoms with Gasteiger partial charge in [0.15, 0.2) is 0 Å². The largest absolute Gasteiger partial charge is 0.366 e. The zero-order valence-electron chi connectivity index (χ0n) is 19.2. The lowest BCUT2D eigenvalue weighted by Crippen LogP contribution is -2.56. The molecular weight excluding hydrogens is 390 g/mol. The van der Waals surface area contributed by atoms with Crippen LogP contribution >= 0.6 is 0 Å². The summed E-state index contributed by atoms with van der Waals surface area (Å²) in [5, 5.41) is 0. The molecule has 1 aliphatic rings. The number of likely N-dealkylation sites (tertiary alicyclic amines) is 1. The number of benzene rings is 2. The number of carbonyl (C=O) groups is 1. The van der Waals surface area contributed by atoms with Crippen LogP contribution in [0.5, 0.6) is 0 Å². The summed E-state index contributed by atoms with van der Waals surface area (Å²) in [6.45, 7) is 7.60. The number of nitrogens with two attached hydrogens (primary N) is 1. The second-order valence-corrected chi connectivity index (χ2v) is 8.83. The molecular formula is C25H36N3O3+. The van der Waals surface area contributed by atoms with Crippen molar-refractivity contribution in [2.45, 2.75) is 38.5 Å². The molecule has 1 amide bonds. The van der Waals surface area contributed by atoms with Crippen molar-refractivity contribution in [1.29, 1.82) is 0 Å². The number of rotatable bonds is 10. The predicted octanol–water partition coefficient (Wildman–Crippen LogP) is 3.57. The van der Waals surface area contributed by atoms with Gasteiger partial charge in [0.05, 0.1) is 25.7 Å². The number of methoxy groups -OCH3 is 1. The Labute approximate surface area is 186 Å². The molecule has 1 saturated heterocycles. The standard InChI is InChI=1S/C25H35N3O3/c1-19(2)28(3,22-12-8-11-21(15-22)25(26)29)24(20-9-6-5-7-10-20)17-27-14-13-23(16-27)31-18-30-4/h5-12,15,19,23-24H,13-14,16-18H2,1-4H3,(H-,26,29)/p+1/t23-,24+,28?/m0/s1. The molecule has 3 atom stereocenters. The van der Waals surface area contributed by atoms with Crippen LogP contribution in [0.3, 0.4) is 0 Å². The molecule has 31 heavy (non-hydrogen) atoms. The van der Waals surface area contributed by atoms with E-state index in [1.165, 1.54) is 5.56 Å². The molecule has 1 unspecified atom stereocenters. The maximum atomic E-state index is 11.9. The Morgan fingerprint density at radius 2 is 1.94 bits per heavy atom. The first kappa shape index (κ1) is 23.4. The summed E-state index contributed by atoms with van der Waals surface area (Å²) in [7, 11) is 3.92. The van der Waals surface area contributed by atoms with E-state index in [2.05, 4.69) is 62.2 Å². The Morgan fingerprint density at radius 3 is 2.58 bits per heavy atom. The number of hydrogen-bond donors (Lipinski definition) is 1. The average Bonchev–Trinajstić information content (AvgIpc) is 3.23. The molecule has 2 aromatic rings. The van der Waals surface area contributed by atoms with Gasteiger partial charge in [0, 0.05) is 37.4 Å². The van der Waals surface area contributed by atoms with E-state index in [1.54, 1.807) is 13.2 Å². The van der Waals surface area contributed by atoms with Gasteiger partial charge in [-0.05, 0) is 32.4 Å². The summed E-state index contributed by atoms with van der Waals surface area (Å²) in [6.07, 6.45) is 1.21. The summed E-state index contributed by atoms with van der Waals surface area (Å²) in [4.78, 5) is 14.4. The van der Waals surface area contributed by atoms with Crippen LogP contribution in [0.25, 0.3) is 0 Å². The Kier molecular flexibility index (Phi) is 7.84. The van der Waals surface area contributed by atoms with Gasteiger partial charge in [-0.15, -0.1) is 0 Å². The first-order chi connectivity index (χ1) is 14.9. The van der Waals surface area contributed by atoms with Gasteiger partial charge in [0.2, 0.25) is 5.91 Å². The van der Waals surface area contributed by atoms with Gasteiger partial charge >= 0.3 is 0 Å². The molecule has 2 aromatic carbocycles. The molecule has 1 aliphatic heterocycles. The SMILES string of the molecule is COCO[C@H]1CCN(C[C@H](c2ccccc2)[N+](C)(c2cccc(C(N)=O)c2)C(C)C)C1. The van der Waals surface area contributed by atoms with Crippen LogP contribution in [0.2, 0.25) is 0 Å². The highest BCUT2D eigenvalue weighted by Crippen LogP contribution is 2.38. The molecule has 0 spiro atoms. The average molecular weight is 427 g/mol. The molecule has 0 aromatic heterocycles. The van der Waals surface area contributed by atoms with Gasteiger partial charge in [-0.3, -0.25) is 14.2 Å². The van der Waals surface area contributed by atoms with Crippen LogP contribution in [0.1, 0.15) is 42.2 Å². The van der Waals surface area contributed by atoms with E-state index in [1.807, 2.05) is 12.1 Å². The van der Waals surface area contributed by atoms with E-state index >= 15 is 0 Å². The van der Waals surface area contributed by atoms with Crippen molar-refractivity contribution < 1.29 is 14.3 Å². The van der Waals surface area contributed by atoms with Crippen LogP contribution in [0.4, 0.5) is 5.69 Å². The van der Waals surface area contributed by atoms with Crippen molar-refractivity contribution in [2.24, 2.45) is 5.73 Å². The summed E-state index contributed by atoms with van der Waals surface area (Å²) >= 11 is 0. The number of nitrogens with zero attached hydrogens (tertiary/aromatic N) is 2. The highest BCUT2D eigenvalue weighted by Gasteiger charge is 2.41. The summed E-state index contributed by atoms with van der Waals surface area (Å²) in [6, 6.07) is 18.9. The maximum Gasteiger partial charge on any atom is 0.248 e. The van der Waals surface area contributed by atoms with Gasteiger partial charge in [-0.1, -0.05) is 36.4 Å². The molecule has 3 rings (SSSR count). The minimum Gasteiger partial charge on any atom is -0.366 e. The third-order valence-electron chi connectivity index (χ3n) is 6.67. The Morgan fingerprint density at radius 1 is 1.19 bits per heavy atom. The van der Waals surface area contributed by atoms with E-state index < -0.39 is 5.91 Å². The summed E-state index contributed by atoms with van der Waals surface area (Å²) in [5.41, 5.74) is 8.51. The highest BCUT2D eigenvalue weighted by molar-refractivity contribution is 5.93. The van der Waals surface area contributed by atoms with Gasteiger partial charge in [-0.2, -0.15) is 0 Å². The Bertz CT molecular complexity index is 858. The highest BCUT2D eigenvalue weighted by atomic mass is 16.7. The fraction of sp³-hybridized carbons (Fsp3) is 0.480. The van der Waals surface area contributed by atoms with E-state index in [0.717, 1.165) is 31.7 Å². The minimum absolute atomic E-state index is 0.186. The lowest BCUT2D eigenvalue weighted by molar-refractivity contribution is -0.0674. The second-order valence-electron chi connectivity index (χ2n) is 8.83. The zero-order chi connectivity index (χ0) is 22.4. The number of likely N-dealkylation sites (N-methyl/N-ethyl adjacent to an activating group) is 1. The Hall–Kier alpha value is -2.25. The van der Waals surface area contributed by atoms with Crippen LogP contribution < -0.4 is 10.2 Å². The number of hydrogen-bond acceptors (Lipinski definition) is 4. The van der Waals surface area contributed by atoms with Crippen molar-refractivity contribution in [3.63, 3.8) is 0 Å². The van der Waals surface area contributed by atoms with Crippen molar-refractivity contribution >= 4 is 11.6 Å². The molecule has 1 fully saturated rings. The van der Waals surface area contributed by atoms with Crippen LogP contribution in [-0.2, 0) is 9.47 Å². The van der Waals surface area contributed by atoms with Crippen LogP contribution in [-0.4, -0.2) is 63.5 Å². The van der Waals surface area contributed by atoms with E-state index in [0.29, 0.717) is 16.8 Å². The normalized spacial score (nSPS) is 20.0. The van der Waals surface area contributed by atoms with Gasteiger partial charge in [0.1, 0.15) is 18.5 Å². The number of quaternary nitrogens is 1. The van der Waals surface area contributed by atoms with E-state index in [-0.39, 0.29) is 18.2 Å². The number of primary amides is 1. The van der Waals surface area contributed by atoms with Crippen LogP contribution in [0.15, 0.2) is 54.6 Å². The van der Waals surface area contributed by atoms with Crippen molar-refractivity contribution in [3.05, 3.63) is 65.7 Å². The smallest absolute Gasteiger partial charge is 0.248 e. The van der Waals surface area contributed by atoms with Crippen LogP contribution in [0, 0.1) is 0 Å². The lowest BCUT2D eigenvalue weighted by Gasteiger charge is -2.46. The maximum absolute atomic E-state index is 11.9. The molecule has 0 bridgehead atoms. The fourth-order valence-corrected chi connectivity index (χ4v) is 4.56. The first-order valence-corrected chi connectivity index (χ1v) is 11.0. The zero-order valence-corrected chi connectivity index (χ0v) is 19.2. The number of ether oxygens (including phenoxy) is 2. The van der Waals surface area contributed by atoms with Gasteiger partial charge in [0.25, 0.3) is 0 Å². The molecule has 0 saturated carbocycles. The Balaban J connectivity index is 1.96. The molecule has 1 heterocycles. The molecule has 168 valence electrons. The van der Waals surface area contributed by atoms with Crippen molar-refractivity contribution in [3.8, 4) is 0 Å². The third-order valence-corrected chi connectivity index (χ3v) is 6.67. The summed E-state index contributed by atoms with van der Waals surface area (Å²) < 4.78 is 11.6. The molecule has 6 heteroatoms. The van der Waals surface area contributed by atoms with Crippen molar-refractivity contribution in [2.75, 3.05) is 40.6 Å².